The van der Waals surface area contributed by atoms with Gasteiger partial charge in [-0.25, -0.2) is 4.79 Å². The largest absolute Gasteiger partial charge is 0.504 e. The van der Waals surface area contributed by atoms with Crippen molar-refractivity contribution < 1.29 is 34.8 Å². The Labute approximate surface area is 142 Å². The van der Waals surface area contributed by atoms with E-state index in [2.05, 4.69) is 0 Å². The Morgan fingerprint density at radius 2 is 1.88 bits per heavy atom. The Morgan fingerprint density at radius 3 is 2.56 bits per heavy atom. The molecule has 0 aromatic heterocycles. The zero-order valence-corrected chi connectivity index (χ0v) is 12.9. The minimum absolute atomic E-state index is 0.266. The number of esters is 1. The minimum Gasteiger partial charge on any atom is -0.504 e. The van der Waals surface area contributed by atoms with Crippen LogP contribution in [0.1, 0.15) is 11.5 Å². The van der Waals surface area contributed by atoms with Crippen LogP contribution in [0.3, 0.4) is 0 Å². The zero-order valence-electron chi connectivity index (χ0n) is 12.9. The number of carboxylic acids is 1. The highest BCUT2D eigenvalue weighted by Gasteiger charge is 2.63. The van der Waals surface area contributed by atoms with Crippen LogP contribution in [0.25, 0.3) is 0 Å². The molecule has 0 spiro atoms. The molecule has 5 rings (SSSR count). The molecule has 25 heavy (non-hydrogen) atoms. The summed E-state index contributed by atoms with van der Waals surface area (Å²) in [6, 6.07) is 4.33. The number of aromatic hydroxyl groups is 2. The van der Waals surface area contributed by atoms with E-state index >= 15 is 0 Å². The molecule has 130 valence electrons. The van der Waals surface area contributed by atoms with Gasteiger partial charge >= 0.3 is 11.9 Å². The third-order valence-corrected chi connectivity index (χ3v) is 5.37. The van der Waals surface area contributed by atoms with Crippen molar-refractivity contribution in [1.29, 1.82) is 0 Å². The maximum Gasteiger partial charge on any atom is 0.328 e. The molecule has 1 aromatic carbocycles. The summed E-state index contributed by atoms with van der Waals surface area (Å²) in [7, 11) is 0. The Kier molecular flexibility index (Phi) is 3.36. The van der Waals surface area contributed by atoms with Crippen molar-refractivity contribution in [3.05, 3.63) is 47.6 Å². The second kappa shape index (κ2) is 5.35. The molecule has 1 saturated heterocycles. The normalized spacial score (nSPS) is 35.7. The summed E-state index contributed by atoms with van der Waals surface area (Å²) in [5, 5.41) is 38.7. The van der Waals surface area contributed by atoms with Gasteiger partial charge in [0.05, 0.1) is 12.0 Å². The molecule has 1 heterocycles. The van der Waals surface area contributed by atoms with E-state index in [0.717, 1.165) is 6.08 Å². The molecule has 1 aliphatic heterocycles. The van der Waals surface area contributed by atoms with Gasteiger partial charge in [0, 0.05) is 23.8 Å². The number of carbonyl (C=O) groups excluding carboxylic acids is 1. The zero-order chi connectivity index (χ0) is 17.9. The van der Waals surface area contributed by atoms with Gasteiger partial charge in [-0.2, -0.15) is 0 Å². The predicted octanol–water partition coefficient (Wildman–Crippen LogP) is 0.911. The van der Waals surface area contributed by atoms with Gasteiger partial charge in [0.2, 0.25) is 0 Å². The Morgan fingerprint density at radius 1 is 1.12 bits per heavy atom. The number of aliphatic hydroxyl groups excluding tert-OH is 1. The van der Waals surface area contributed by atoms with Gasteiger partial charge in [0.15, 0.2) is 11.5 Å². The number of carboxylic acid groups (broad SMARTS) is 1. The lowest BCUT2D eigenvalue weighted by atomic mass is 9.56. The first kappa shape index (κ1) is 15.7. The summed E-state index contributed by atoms with van der Waals surface area (Å²) in [5.74, 6) is -3.98. The van der Waals surface area contributed by atoms with Gasteiger partial charge in [-0.15, -0.1) is 0 Å². The average molecular weight is 344 g/mol. The van der Waals surface area contributed by atoms with Crippen LogP contribution < -0.4 is 0 Å². The Hall–Kier alpha value is -2.80. The third kappa shape index (κ3) is 2.23. The first-order valence-corrected chi connectivity index (χ1v) is 7.91. The van der Waals surface area contributed by atoms with Crippen LogP contribution in [-0.2, 0) is 14.3 Å². The van der Waals surface area contributed by atoms with Crippen LogP contribution in [0.5, 0.6) is 11.5 Å². The van der Waals surface area contributed by atoms with Crippen molar-refractivity contribution in [3.63, 3.8) is 0 Å². The Bertz CT molecular complexity index is 825. The third-order valence-electron chi connectivity index (χ3n) is 5.37. The van der Waals surface area contributed by atoms with Gasteiger partial charge in [0.25, 0.3) is 0 Å². The number of allylic oxidation sites excluding steroid dienone is 1. The molecule has 2 fully saturated rings. The SMILES string of the molecule is O=C(O)C=CC1=C[C@H]2[C@@H](O)[C@@H]3OC(=O)[C@@H]([C@H]13)[C@H]2c1ccc(O)c(O)c1. The first-order chi connectivity index (χ1) is 11.9. The fourth-order valence-corrected chi connectivity index (χ4v) is 4.40. The van der Waals surface area contributed by atoms with Crippen molar-refractivity contribution >= 4 is 11.9 Å². The average Bonchev–Trinajstić information content (AvgIpc) is 2.88. The number of aliphatic hydroxyl groups is 1. The van der Waals surface area contributed by atoms with Crippen LogP contribution in [0.2, 0.25) is 0 Å². The number of benzene rings is 1. The molecule has 1 saturated carbocycles. The first-order valence-electron chi connectivity index (χ1n) is 7.91. The molecule has 3 aliphatic carbocycles. The molecule has 1 aromatic rings. The monoisotopic (exact) mass is 344 g/mol. The van der Waals surface area contributed by atoms with Crippen LogP contribution in [0.15, 0.2) is 42.0 Å². The number of phenolic OH excluding ortho intramolecular Hbond substituents is 2. The van der Waals surface area contributed by atoms with Crippen LogP contribution in [-0.4, -0.2) is 44.6 Å². The van der Waals surface area contributed by atoms with Crippen molar-refractivity contribution in [2.45, 2.75) is 18.1 Å². The van der Waals surface area contributed by atoms with Crippen molar-refractivity contribution in [2.75, 3.05) is 0 Å². The molecule has 4 N–H and O–H groups in total. The number of aliphatic carboxylic acids is 1. The quantitative estimate of drug-likeness (QED) is 0.365. The highest BCUT2D eigenvalue weighted by Crippen LogP contribution is 2.58. The summed E-state index contributed by atoms with van der Waals surface area (Å²) >= 11 is 0. The summed E-state index contributed by atoms with van der Waals surface area (Å²) in [5.41, 5.74) is 1.28. The predicted molar refractivity (Wildman–Crippen MR) is 83.7 cm³/mol. The molecule has 0 unspecified atom stereocenters. The highest BCUT2D eigenvalue weighted by molar-refractivity contribution is 5.82. The maximum atomic E-state index is 12.4. The highest BCUT2D eigenvalue weighted by atomic mass is 16.6. The topological polar surface area (TPSA) is 124 Å². The summed E-state index contributed by atoms with van der Waals surface area (Å²) < 4.78 is 5.35. The maximum absolute atomic E-state index is 12.4. The molecular formula is C18H16O7. The molecule has 6 atom stereocenters. The number of phenols is 2. The fourth-order valence-electron chi connectivity index (χ4n) is 4.40. The molecule has 4 bridgehead atoms. The summed E-state index contributed by atoms with van der Waals surface area (Å²) in [6.45, 7) is 0. The number of hydrogen-bond donors (Lipinski definition) is 4. The summed E-state index contributed by atoms with van der Waals surface area (Å²) in [4.78, 5) is 23.2. The standard InChI is InChI=1S/C18H16O7/c19-10-3-1-8(6-11(10)20)13-9-5-7(2-4-12(21)22)14-15(13)18(24)25-17(14)16(9)23/h1-6,9,13-17,19-20,23H,(H,21,22)/t9-,13+,14+,15-,16-,17-/m1/s1. The molecule has 7 heteroatoms. The minimum atomic E-state index is -1.09. The lowest BCUT2D eigenvalue weighted by molar-refractivity contribution is -0.146. The Balaban J connectivity index is 1.81. The number of carbonyl (C=O) groups is 2. The second-order valence-electron chi connectivity index (χ2n) is 6.63. The number of ether oxygens (including phenoxy) is 1. The fraction of sp³-hybridized carbons (Fsp3) is 0.333. The second-order valence-corrected chi connectivity index (χ2v) is 6.63. The van der Waals surface area contributed by atoms with Crippen LogP contribution in [0.4, 0.5) is 0 Å². The lowest BCUT2D eigenvalue weighted by Gasteiger charge is -2.46. The van der Waals surface area contributed by atoms with E-state index in [0.29, 0.717) is 11.1 Å². The van der Waals surface area contributed by atoms with E-state index < -0.39 is 47.8 Å². The van der Waals surface area contributed by atoms with E-state index in [1.807, 2.05) is 0 Å². The lowest BCUT2D eigenvalue weighted by Crippen LogP contribution is -2.51. The van der Waals surface area contributed by atoms with E-state index in [-0.39, 0.29) is 11.5 Å². The van der Waals surface area contributed by atoms with Crippen LogP contribution in [0, 0.1) is 17.8 Å². The van der Waals surface area contributed by atoms with E-state index in [4.69, 9.17) is 9.84 Å². The summed E-state index contributed by atoms with van der Waals surface area (Å²) in [6.07, 6.45) is 2.62. The van der Waals surface area contributed by atoms with Crippen molar-refractivity contribution in [1.82, 2.24) is 0 Å². The van der Waals surface area contributed by atoms with Crippen molar-refractivity contribution in [2.24, 2.45) is 17.8 Å². The van der Waals surface area contributed by atoms with Gasteiger partial charge < -0.3 is 25.2 Å². The molecular weight excluding hydrogens is 328 g/mol. The van der Waals surface area contributed by atoms with Gasteiger partial charge in [0.1, 0.15) is 6.10 Å². The van der Waals surface area contributed by atoms with Gasteiger partial charge in [-0.05, 0) is 23.3 Å². The van der Waals surface area contributed by atoms with E-state index in [9.17, 15) is 24.9 Å². The van der Waals surface area contributed by atoms with E-state index in [1.165, 1.54) is 18.2 Å². The van der Waals surface area contributed by atoms with Crippen LogP contribution >= 0.6 is 0 Å². The molecule has 0 amide bonds. The number of hydrogen-bond acceptors (Lipinski definition) is 6. The van der Waals surface area contributed by atoms with Crippen molar-refractivity contribution in [3.8, 4) is 11.5 Å². The molecule has 7 nitrogen and oxygen atoms in total. The smallest absolute Gasteiger partial charge is 0.328 e. The molecule has 4 aliphatic rings. The number of rotatable bonds is 3. The van der Waals surface area contributed by atoms with Gasteiger partial charge in [-0.3, -0.25) is 4.79 Å². The molecule has 0 radical (unpaired) electrons. The van der Waals surface area contributed by atoms with E-state index in [1.54, 1.807) is 12.1 Å². The van der Waals surface area contributed by atoms with Gasteiger partial charge in [-0.1, -0.05) is 18.2 Å².